The molecule has 0 saturated carbocycles. The van der Waals surface area contributed by atoms with Crippen molar-refractivity contribution in [2.75, 3.05) is 31.2 Å². The minimum absolute atomic E-state index is 0.0763. The van der Waals surface area contributed by atoms with E-state index in [2.05, 4.69) is 15.4 Å². The zero-order valence-electron chi connectivity index (χ0n) is 16.1. The van der Waals surface area contributed by atoms with E-state index in [1.54, 1.807) is 0 Å². The third-order valence-electron chi connectivity index (χ3n) is 5.57. The van der Waals surface area contributed by atoms with Gasteiger partial charge in [0.15, 0.2) is 0 Å². The Balaban J connectivity index is 1.45. The Morgan fingerprint density at radius 1 is 1.25 bits per heavy atom. The lowest BCUT2D eigenvalue weighted by Crippen LogP contribution is -2.40. The SMILES string of the molecule is Cc1cc(C[C@@H]2COC[C@@H]2NC(=O)c2cc(N3CCCCC3)ccc2Cl)on1. The maximum Gasteiger partial charge on any atom is 0.253 e. The molecule has 28 heavy (non-hydrogen) atoms. The normalized spacial score (nSPS) is 22.4. The Hall–Kier alpha value is -2.05. The molecule has 4 rings (SSSR count). The van der Waals surface area contributed by atoms with Gasteiger partial charge in [-0.15, -0.1) is 0 Å². The highest BCUT2D eigenvalue weighted by molar-refractivity contribution is 6.34. The van der Waals surface area contributed by atoms with Crippen LogP contribution in [-0.4, -0.2) is 43.4 Å². The monoisotopic (exact) mass is 403 g/mol. The first-order chi connectivity index (χ1) is 13.6. The smallest absolute Gasteiger partial charge is 0.253 e. The van der Waals surface area contributed by atoms with Gasteiger partial charge in [0.2, 0.25) is 0 Å². The number of carbonyl (C=O) groups is 1. The highest BCUT2D eigenvalue weighted by Crippen LogP contribution is 2.27. The van der Waals surface area contributed by atoms with E-state index in [0.717, 1.165) is 30.2 Å². The van der Waals surface area contributed by atoms with E-state index in [0.29, 0.717) is 30.2 Å². The van der Waals surface area contributed by atoms with Crippen LogP contribution in [0.1, 0.15) is 41.1 Å². The standard InChI is InChI=1S/C21H26ClN3O3/c1-14-9-17(28-24-14)10-15-12-27-13-20(15)23-21(26)18-11-16(5-6-19(18)22)25-7-3-2-4-8-25/h5-6,9,11,15,20H,2-4,7-8,10,12-13H2,1H3,(H,23,26)/t15-,20+/m1/s1. The molecule has 1 aromatic heterocycles. The van der Waals surface area contributed by atoms with Crippen LogP contribution in [0.4, 0.5) is 5.69 Å². The van der Waals surface area contributed by atoms with Crippen LogP contribution in [0.3, 0.4) is 0 Å². The van der Waals surface area contributed by atoms with Crippen molar-refractivity contribution in [3.05, 3.63) is 46.3 Å². The van der Waals surface area contributed by atoms with E-state index in [1.165, 1.54) is 19.3 Å². The Bertz CT molecular complexity index is 832. The lowest BCUT2D eigenvalue weighted by atomic mass is 9.97. The summed E-state index contributed by atoms with van der Waals surface area (Å²) in [6.07, 6.45) is 4.33. The maximum atomic E-state index is 13.0. The fourth-order valence-electron chi connectivity index (χ4n) is 4.01. The molecule has 2 saturated heterocycles. The van der Waals surface area contributed by atoms with Crippen LogP contribution in [0, 0.1) is 12.8 Å². The summed E-state index contributed by atoms with van der Waals surface area (Å²) in [5, 5.41) is 7.52. The molecular weight excluding hydrogens is 378 g/mol. The van der Waals surface area contributed by atoms with Crippen molar-refractivity contribution in [2.24, 2.45) is 5.92 Å². The highest BCUT2D eigenvalue weighted by Gasteiger charge is 2.31. The molecule has 2 aromatic rings. The Morgan fingerprint density at radius 2 is 2.07 bits per heavy atom. The molecule has 2 fully saturated rings. The fraction of sp³-hybridized carbons (Fsp3) is 0.524. The van der Waals surface area contributed by atoms with Crippen LogP contribution in [-0.2, 0) is 11.2 Å². The summed E-state index contributed by atoms with van der Waals surface area (Å²) in [5.41, 5.74) is 2.44. The van der Waals surface area contributed by atoms with Crippen LogP contribution in [0.5, 0.6) is 0 Å². The van der Waals surface area contributed by atoms with E-state index < -0.39 is 0 Å². The van der Waals surface area contributed by atoms with E-state index in [9.17, 15) is 4.79 Å². The molecule has 1 N–H and O–H groups in total. The second-order valence-corrected chi connectivity index (χ2v) is 8.14. The number of hydrogen-bond acceptors (Lipinski definition) is 5. The minimum atomic E-state index is -0.155. The van der Waals surface area contributed by atoms with Gasteiger partial charge in [0, 0.05) is 37.2 Å². The summed E-state index contributed by atoms with van der Waals surface area (Å²) in [4.78, 5) is 15.3. The number of amides is 1. The molecule has 150 valence electrons. The van der Waals surface area contributed by atoms with Gasteiger partial charge in [-0.3, -0.25) is 4.79 Å². The van der Waals surface area contributed by atoms with Gasteiger partial charge in [-0.2, -0.15) is 0 Å². The van der Waals surface area contributed by atoms with Crippen molar-refractivity contribution in [3.8, 4) is 0 Å². The molecule has 0 spiro atoms. The average Bonchev–Trinajstić information content (AvgIpc) is 3.32. The number of ether oxygens (including phenoxy) is 1. The number of halogens is 1. The molecule has 2 aliphatic rings. The van der Waals surface area contributed by atoms with Crippen LogP contribution < -0.4 is 10.2 Å². The van der Waals surface area contributed by atoms with Crippen molar-refractivity contribution < 1.29 is 14.1 Å². The number of piperidine rings is 1. The number of aryl methyl sites for hydroxylation is 1. The number of anilines is 1. The average molecular weight is 404 g/mol. The van der Waals surface area contributed by atoms with E-state index in [1.807, 2.05) is 31.2 Å². The van der Waals surface area contributed by atoms with E-state index >= 15 is 0 Å². The maximum absolute atomic E-state index is 13.0. The Labute approximate surface area is 170 Å². The molecule has 2 aliphatic heterocycles. The largest absolute Gasteiger partial charge is 0.379 e. The third kappa shape index (κ3) is 4.33. The molecule has 0 radical (unpaired) electrons. The van der Waals surface area contributed by atoms with Crippen LogP contribution in [0.2, 0.25) is 5.02 Å². The lowest BCUT2D eigenvalue weighted by Gasteiger charge is -2.29. The summed E-state index contributed by atoms with van der Waals surface area (Å²) in [5.74, 6) is 0.816. The number of nitrogens with zero attached hydrogens (tertiary/aromatic N) is 2. The summed E-state index contributed by atoms with van der Waals surface area (Å²) in [7, 11) is 0. The second-order valence-electron chi connectivity index (χ2n) is 7.73. The molecule has 0 aliphatic carbocycles. The zero-order valence-corrected chi connectivity index (χ0v) is 16.9. The van der Waals surface area contributed by atoms with Gasteiger partial charge < -0.3 is 19.5 Å². The molecule has 6 nitrogen and oxygen atoms in total. The highest BCUT2D eigenvalue weighted by atomic mass is 35.5. The molecule has 2 atom stereocenters. The van der Waals surface area contributed by atoms with Gasteiger partial charge in [0.1, 0.15) is 5.76 Å². The van der Waals surface area contributed by atoms with Crippen molar-refractivity contribution in [1.82, 2.24) is 10.5 Å². The summed E-state index contributed by atoms with van der Waals surface area (Å²) < 4.78 is 10.9. The predicted octanol–water partition coefficient (Wildman–Crippen LogP) is 3.61. The van der Waals surface area contributed by atoms with Gasteiger partial charge in [-0.1, -0.05) is 16.8 Å². The van der Waals surface area contributed by atoms with Crippen LogP contribution in [0.25, 0.3) is 0 Å². The first-order valence-corrected chi connectivity index (χ1v) is 10.3. The van der Waals surface area contributed by atoms with E-state index in [-0.39, 0.29) is 17.9 Å². The Morgan fingerprint density at radius 3 is 2.82 bits per heavy atom. The second kappa shape index (κ2) is 8.53. The van der Waals surface area contributed by atoms with E-state index in [4.69, 9.17) is 20.9 Å². The summed E-state index contributed by atoms with van der Waals surface area (Å²) in [6, 6.07) is 7.58. The quantitative estimate of drug-likeness (QED) is 0.825. The number of carbonyl (C=O) groups excluding carboxylic acids is 1. The fourth-order valence-corrected chi connectivity index (χ4v) is 4.22. The summed E-state index contributed by atoms with van der Waals surface area (Å²) >= 11 is 6.35. The first-order valence-electron chi connectivity index (χ1n) is 9.95. The molecule has 1 aromatic carbocycles. The number of aromatic nitrogens is 1. The molecule has 0 bridgehead atoms. The van der Waals surface area contributed by atoms with Gasteiger partial charge in [-0.05, 0) is 44.4 Å². The van der Waals surface area contributed by atoms with Crippen molar-refractivity contribution >= 4 is 23.2 Å². The van der Waals surface area contributed by atoms with Crippen LogP contribution in [0.15, 0.2) is 28.8 Å². The summed E-state index contributed by atoms with van der Waals surface area (Å²) in [6.45, 7) is 5.03. The molecule has 1 amide bonds. The van der Waals surface area contributed by atoms with Gasteiger partial charge in [-0.25, -0.2) is 0 Å². The molecule has 3 heterocycles. The lowest BCUT2D eigenvalue weighted by molar-refractivity contribution is 0.0924. The van der Waals surface area contributed by atoms with Crippen LogP contribution >= 0.6 is 11.6 Å². The van der Waals surface area contributed by atoms with Crippen molar-refractivity contribution in [2.45, 2.75) is 38.6 Å². The first kappa shape index (κ1) is 19.3. The number of hydrogen-bond donors (Lipinski definition) is 1. The van der Waals surface area contributed by atoms with Crippen molar-refractivity contribution in [1.29, 1.82) is 0 Å². The minimum Gasteiger partial charge on any atom is -0.379 e. The molecule has 7 heteroatoms. The van der Waals surface area contributed by atoms with Gasteiger partial charge in [0.05, 0.1) is 35.5 Å². The van der Waals surface area contributed by atoms with Gasteiger partial charge in [0.25, 0.3) is 5.91 Å². The third-order valence-corrected chi connectivity index (χ3v) is 5.90. The van der Waals surface area contributed by atoms with Gasteiger partial charge >= 0.3 is 0 Å². The number of benzene rings is 1. The van der Waals surface area contributed by atoms with Crippen molar-refractivity contribution in [3.63, 3.8) is 0 Å². The Kier molecular flexibility index (Phi) is 5.87. The number of nitrogens with one attached hydrogen (secondary N) is 1. The zero-order chi connectivity index (χ0) is 19.5. The topological polar surface area (TPSA) is 67.6 Å². The predicted molar refractivity (Wildman–Crippen MR) is 108 cm³/mol. The number of rotatable bonds is 5. The molecular formula is C21H26ClN3O3. The molecule has 0 unspecified atom stereocenters.